The van der Waals surface area contributed by atoms with Crippen LogP contribution in [-0.2, 0) is 0 Å². The van der Waals surface area contributed by atoms with Gasteiger partial charge in [-0.25, -0.2) is 4.98 Å². The molecule has 1 unspecified atom stereocenters. The number of nitrogens with zero attached hydrogens (tertiary/aromatic N) is 3. The molecule has 2 fully saturated rings. The number of aromatic nitrogens is 1. The molecule has 0 amide bonds. The van der Waals surface area contributed by atoms with E-state index in [1.54, 1.807) is 0 Å². The van der Waals surface area contributed by atoms with E-state index in [4.69, 9.17) is 0 Å². The van der Waals surface area contributed by atoms with Gasteiger partial charge in [-0.05, 0) is 50.9 Å². The van der Waals surface area contributed by atoms with Gasteiger partial charge < -0.3 is 4.90 Å². The lowest BCUT2D eigenvalue weighted by Crippen LogP contribution is -2.48. The normalized spacial score (nSPS) is 26.1. The van der Waals surface area contributed by atoms with Gasteiger partial charge in [-0.2, -0.15) is 0 Å². The first kappa shape index (κ1) is 12.9. The minimum Gasteiger partial charge on any atom is -0.355 e. The third-order valence-corrected chi connectivity index (χ3v) is 4.53. The molecule has 1 atom stereocenters. The van der Waals surface area contributed by atoms with E-state index < -0.39 is 0 Å². The van der Waals surface area contributed by atoms with E-state index in [0.717, 1.165) is 18.4 Å². The predicted molar refractivity (Wildman–Crippen MR) is 79.5 cm³/mol. The van der Waals surface area contributed by atoms with Crippen molar-refractivity contribution in [3.63, 3.8) is 0 Å². The van der Waals surface area contributed by atoms with Crippen LogP contribution in [0.4, 0.5) is 5.82 Å². The van der Waals surface area contributed by atoms with Crippen LogP contribution in [0, 0.1) is 0 Å². The van der Waals surface area contributed by atoms with E-state index in [-0.39, 0.29) is 0 Å². The standard InChI is InChI=1S/C16H25N3/c1-2-6-12-18(11-5-1)15-8-7-13-19(14-15)16-9-3-4-10-17-16/h3-4,9-10,15H,1-2,5-8,11-14H2. The zero-order valence-electron chi connectivity index (χ0n) is 11.8. The van der Waals surface area contributed by atoms with Gasteiger partial charge in [-0.1, -0.05) is 18.9 Å². The summed E-state index contributed by atoms with van der Waals surface area (Å²) >= 11 is 0. The lowest BCUT2D eigenvalue weighted by atomic mass is 10.0. The van der Waals surface area contributed by atoms with Crippen LogP contribution in [0.5, 0.6) is 0 Å². The topological polar surface area (TPSA) is 19.4 Å². The average Bonchev–Trinajstić information content (AvgIpc) is 2.77. The van der Waals surface area contributed by atoms with Crippen molar-refractivity contribution in [3.05, 3.63) is 24.4 Å². The molecule has 2 saturated heterocycles. The molecule has 3 nitrogen and oxygen atoms in total. The number of pyridine rings is 1. The van der Waals surface area contributed by atoms with E-state index in [9.17, 15) is 0 Å². The van der Waals surface area contributed by atoms with Crippen molar-refractivity contribution in [1.82, 2.24) is 9.88 Å². The first-order chi connectivity index (χ1) is 9.43. The molecule has 0 spiro atoms. The summed E-state index contributed by atoms with van der Waals surface area (Å²) in [5, 5.41) is 0. The van der Waals surface area contributed by atoms with E-state index >= 15 is 0 Å². The van der Waals surface area contributed by atoms with E-state index in [2.05, 4.69) is 26.9 Å². The minimum atomic E-state index is 0.744. The van der Waals surface area contributed by atoms with Crippen molar-refractivity contribution in [1.29, 1.82) is 0 Å². The quantitative estimate of drug-likeness (QED) is 0.814. The molecular weight excluding hydrogens is 234 g/mol. The number of anilines is 1. The van der Waals surface area contributed by atoms with Gasteiger partial charge in [0.1, 0.15) is 5.82 Å². The lowest BCUT2D eigenvalue weighted by Gasteiger charge is -2.39. The monoisotopic (exact) mass is 259 g/mol. The molecule has 2 aliphatic heterocycles. The van der Waals surface area contributed by atoms with Crippen molar-refractivity contribution in [3.8, 4) is 0 Å². The summed E-state index contributed by atoms with van der Waals surface area (Å²) in [6, 6.07) is 6.98. The van der Waals surface area contributed by atoms with Crippen molar-refractivity contribution >= 4 is 5.82 Å². The number of piperidine rings is 1. The van der Waals surface area contributed by atoms with Gasteiger partial charge in [0.05, 0.1) is 0 Å². The Morgan fingerprint density at radius 2 is 1.79 bits per heavy atom. The summed E-state index contributed by atoms with van der Waals surface area (Å²) in [4.78, 5) is 9.72. The smallest absolute Gasteiger partial charge is 0.128 e. The van der Waals surface area contributed by atoms with Gasteiger partial charge in [0.15, 0.2) is 0 Å². The number of likely N-dealkylation sites (tertiary alicyclic amines) is 1. The molecule has 1 aromatic heterocycles. The molecule has 1 aromatic rings. The molecule has 0 saturated carbocycles. The third-order valence-electron chi connectivity index (χ3n) is 4.53. The molecular formula is C16H25N3. The molecule has 0 radical (unpaired) electrons. The maximum Gasteiger partial charge on any atom is 0.128 e. The molecule has 3 heterocycles. The van der Waals surface area contributed by atoms with Crippen molar-refractivity contribution in [2.45, 2.75) is 44.6 Å². The highest BCUT2D eigenvalue weighted by molar-refractivity contribution is 5.38. The van der Waals surface area contributed by atoms with Gasteiger partial charge in [-0.3, -0.25) is 4.90 Å². The van der Waals surface area contributed by atoms with Gasteiger partial charge >= 0.3 is 0 Å². The molecule has 2 aliphatic rings. The average molecular weight is 259 g/mol. The van der Waals surface area contributed by atoms with Gasteiger partial charge in [-0.15, -0.1) is 0 Å². The first-order valence-electron chi connectivity index (χ1n) is 7.83. The predicted octanol–water partition coefficient (Wildman–Crippen LogP) is 2.93. The Hall–Kier alpha value is -1.09. The summed E-state index contributed by atoms with van der Waals surface area (Å²) < 4.78 is 0. The van der Waals surface area contributed by atoms with Gasteiger partial charge in [0, 0.05) is 25.3 Å². The minimum absolute atomic E-state index is 0.744. The number of hydrogen-bond acceptors (Lipinski definition) is 3. The van der Waals surface area contributed by atoms with Crippen molar-refractivity contribution in [2.24, 2.45) is 0 Å². The van der Waals surface area contributed by atoms with Crippen LogP contribution in [0.1, 0.15) is 38.5 Å². The van der Waals surface area contributed by atoms with Crippen LogP contribution in [-0.4, -0.2) is 42.1 Å². The van der Waals surface area contributed by atoms with Gasteiger partial charge in [0.25, 0.3) is 0 Å². The van der Waals surface area contributed by atoms with Crippen molar-refractivity contribution in [2.75, 3.05) is 31.1 Å². The fourth-order valence-electron chi connectivity index (χ4n) is 3.46. The summed E-state index contributed by atoms with van der Waals surface area (Å²) in [7, 11) is 0. The highest BCUT2D eigenvalue weighted by Gasteiger charge is 2.26. The Bertz CT molecular complexity index is 371. The second-order valence-corrected chi connectivity index (χ2v) is 5.88. The molecule has 19 heavy (non-hydrogen) atoms. The maximum atomic E-state index is 4.51. The Morgan fingerprint density at radius 1 is 0.947 bits per heavy atom. The number of rotatable bonds is 2. The SMILES string of the molecule is c1ccc(N2CCCC(N3CCCCCC3)C2)nc1. The largest absolute Gasteiger partial charge is 0.355 e. The highest BCUT2D eigenvalue weighted by Crippen LogP contribution is 2.22. The molecule has 0 N–H and O–H groups in total. The third kappa shape index (κ3) is 3.27. The van der Waals surface area contributed by atoms with Crippen LogP contribution < -0.4 is 4.90 Å². The summed E-state index contributed by atoms with van der Waals surface area (Å²) in [5.41, 5.74) is 0. The van der Waals surface area contributed by atoms with E-state index in [1.165, 1.54) is 58.2 Å². The zero-order chi connectivity index (χ0) is 12.9. The van der Waals surface area contributed by atoms with Crippen LogP contribution in [0.3, 0.4) is 0 Å². The van der Waals surface area contributed by atoms with Gasteiger partial charge in [0.2, 0.25) is 0 Å². The fraction of sp³-hybridized carbons (Fsp3) is 0.688. The Balaban J connectivity index is 1.64. The Kier molecular flexibility index (Phi) is 4.34. The molecule has 3 rings (SSSR count). The van der Waals surface area contributed by atoms with Crippen LogP contribution in [0.15, 0.2) is 24.4 Å². The maximum absolute atomic E-state index is 4.51. The lowest BCUT2D eigenvalue weighted by molar-refractivity contribution is 0.182. The zero-order valence-corrected chi connectivity index (χ0v) is 11.8. The Morgan fingerprint density at radius 3 is 2.53 bits per heavy atom. The molecule has 0 bridgehead atoms. The van der Waals surface area contributed by atoms with Crippen LogP contribution in [0.2, 0.25) is 0 Å². The second kappa shape index (κ2) is 6.38. The summed E-state index contributed by atoms with van der Waals surface area (Å²) in [6.07, 6.45) is 10.2. The molecule has 0 aromatic carbocycles. The van der Waals surface area contributed by atoms with E-state index in [1.807, 2.05) is 12.3 Å². The molecule has 3 heteroatoms. The van der Waals surface area contributed by atoms with Crippen molar-refractivity contribution < 1.29 is 0 Å². The Labute approximate surface area is 116 Å². The highest BCUT2D eigenvalue weighted by atomic mass is 15.3. The van der Waals surface area contributed by atoms with Crippen LogP contribution >= 0.6 is 0 Å². The molecule has 0 aliphatic carbocycles. The molecule has 104 valence electrons. The fourth-order valence-corrected chi connectivity index (χ4v) is 3.46. The second-order valence-electron chi connectivity index (χ2n) is 5.88. The summed E-state index contributed by atoms with van der Waals surface area (Å²) in [6.45, 7) is 4.94. The van der Waals surface area contributed by atoms with E-state index in [0.29, 0.717) is 0 Å². The first-order valence-corrected chi connectivity index (χ1v) is 7.83. The number of hydrogen-bond donors (Lipinski definition) is 0. The van der Waals surface area contributed by atoms with Crippen LogP contribution in [0.25, 0.3) is 0 Å². The summed E-state index contributed by atoms with van der Waals surface area (Å²) in [5.74, 6) is 1.15.